The number of fused-ring (bicyclic) bond motifs is 1. The SMILES string of the molecule is COCCn1ccc2c(-c3cccs3)cccc21. The second-order valence-electron chi connectivity index (χ2n) is 4.22. The predicted octanol–water partition coefficient (Wildman–Crippen LogP) is 4.02. The molecule has 0 N–H and O–H groups in total. The van der Waals surface area contributed by atoms with E-state index in [1.807, 2.05) is 0 Å². The summed E-state index contributed by atoms with van der Waals surface area (Å²) in [5.41, 5.74) is 2.59. The van der Waals surface area contributed by atoms with Crippen molar-refractivity contribution in [3.63, 3.8) is 0 Å². The maximum atomic E-state index is 5.15. The first-order chi connectivity index (χ1) is 8.90. The molecule has 3 aromatic rings. The lowest BCUT2D eigenvalue weighted by atomic mass is 10.1. The molecule has 0 radical (unpaired) electrons. The predicted molar refractivity (Wildman–Crippen MR) is 77.1 cm³/mol. The smallest absolute Gasteiger partial charge is 0.0641 e. The summed E-state index contributed by atoms with van der Waals surface area (Å²) in [4.78, 5) is 1.32. The molecule has 0 atom stereocenters. The van der Waals surface area contributed by atoms with Gasteiger partial charge in [-0.2, -0.15) is 0 Å². The Bertz CT molecular complexity index is 640. The summed E-state index contributed by atoms with van der Waals surface area (Å²) in [6.45, 7) is 1.64. The molecular formula is C15H15NOS. The Labute approximate surface area is 110 Å². The molecule has 0 saturated carbocycles. The molecule has 0 saturated heterocycles. The molecule has 2 aromatic heterocycles. The summed E-state index contributed by atoms with van der Waals surface area (Å²) >= 11 is 1.78. The molecular weight excluding hydrogens is 242 g/mol. The molecule has 2 nitrogen and oxygen atoms in total. The minimum atomic E-state index is 0.743. The molecule has 0 aliphatic carbocycles. The molecule has 18 heavy (non-hydrogen) atoms. The van der Waals surface area contributed by atoms with Crippen molar-refractivity contribution in [2.24, 2.45) is 0 Å². The number of benzene rings is 1. The van der Waals surface area contributed by atoms with Gasteiger partial charge in [-0.1, -0.05) is 18.2 Å². The highest BCUT2D eigenvalue weighted by Crippen LogP contribution is 2.32. The number of hydrogen-bond donors (Lipinski definition) is 0. The van der Waals surface area contributed by atoms with Gasteiger partial charge in [0.1, 0.15) is 0 Å². The number of ether oxygens (including phenoxy) is 1. The van der Waals surface area contributed by atoms with Crippen LogP contribution in [-0.4, -0.2) is 18.3 Å². The van der Waals surface area contributed by atoms with Gasteiger partial charge in [0.05, 0.1) is 6.61 Å². The Morgan fingerprint density at radius 2 is 2.11 bits per heavy atom. The van der Waals surface area contributed by atoms with Gasteiger partial charge in [0.25, 0.3) is 0 Å². The largest absolute Gasteiger partial charge is 0.383 e. The fourth-order valence-electron chi connectivity index (χ4n) is 2.25. The molecule has 3 heteroatoms. The Morgan fingerprint density at radius 1 is 1.17 bits per heavy atom. The van der Waals surface area contributed by atoms with Gasteiger partial charge in [-0.25, -0.2) is 0 Å². The monoisotopic (exact) mass is 257 g/mol. The normalized spacial score (nSPS) is 11.2. The number of rotatable bonds is 4. The molecule has 0 aliphatic heterocycles. The van der Waals surface area contributed by atoms with Crippen molar-refractivity contribution in [3.8, 4) is 10.4 Å². The fraction of sp³-hybridized carbons (Fsp3) is 0.200. The van der Waals surface area contributed by atoms with Crippen LogP contribution in [0.2, 0.25) is 0 Å². The summed E-state index contributed by atoms with van der Waals surface area (Å²) in [6, 6.07) is 12.9. The van der Waals surface area contributed by atoms with E-state index in [2.05, 4.69) is 52.5 Å². The minimum absolute atomic E-state index is 0.743. The average Bonchev–Trinajstić information content (AvgIpc) is 3.05. The van der Waals surface area contributed by atoms with Crippen molar-refractivity contribution in [2.75, 3.05) is 13.7 Å². The minimum Gasteiger partial charge on any atom is -0.383 e. The molecule has 0 aliphatic rings. The topological polar surface area (TPSA) is 14.2 Å². The van der Waals surface area contributed by atoms with Crippen LogP contribution in [-0.2, 0) is 11.3 Å². The summed E-state index contributed by atoms with van der Waals surface area (Å²) in [5.74, 6) is 0. The molecule has 0 amide bonds. The van der Waals surface area contributed by atoms with E-state index < -0.39 is 0 Å². The van der Waals surface area contributed by atoms with Gasteiger partial charge in [0, 0.05) is 41.2 Å². The van der Waals surface area contributed by atoms with E-state index in [1.165, 1.54) is 21.3 Å². The summed E-state index contributed by atoms with van der Waals surface area (Å²) < 4.78 is 7.39. The summed E-state index contributed by atoms with van der Waals surface area (Å²) in [6.07, 6.45) is 2.14. The van der Waals surface area contributed by atoms with Gasteiger partial charge in [0.15, 0.2) is 0 Å². The number of hydrogen-bond acceptors (Lipinski definition) is 2. The van der Waals surface area contributed by atoms with Gasteiger partial charge in [-0.05, 0) is 23.6 Å². The van der Waals surface area contributed by atoms with E-state index in [4.69, 9.17) is 4.74 Å². The van der Waals surface area contributed by atoms with Gasteiger partial charge < -0.3 is 9.30 Å². The maximum Gasteiger partial charge on any atom is 0.0641 e. The van der Waals surface area contributed by atoms with Crippen LogP contribution in [0.3, 0.4) is 0 Å². The van der Waals surface area contributed by atoms with Crippen molar-refractivity contribution in [2.45, 2.75) is 6.54 Å². The molecule has 92 valence electrons. The quantitative estimate of drug-likeness (QED) is 0.688. The van der Waals surface area contributed by atoms with Crippen molar-refractivity contribution in [3.05, 3.63) is 48.0 Å². The average molecular weight is 257 g/mol. The summed E-state index contributed by atoms with van der Waals surface area (Å²) in [7, 11) is 1.74. The van der Waals surface area contributed by atoms with E-state index in [-0.39, 0.29) is 0 Å². The standard InChI is InChI=1S/C15H15NOS/c1-17-10-9-16-8-7-12-13(4-2-5-14(12)16)15-6-3-11-18-15/h2-8,11H,9-10H2,1H3. The fourth-order valence-corrected chi connectivity index (χ4v) is 3.02. The van der Waals surface area contributed by atoms with Crippen LogP contribution in [0.1, 0.15) is 0 Å². The zero-order chi connectivity index (χ0) is 12.4. The van der Waals surface area contributed by atoms with Gasteiger partial charge in [-0.15, -0.1) is 11.3 Å². The first kappa shape index (κ1) is 11.5. The van der Waals surface area contributed by atoms with Crippen LogP contribution in [0.4, 0.5) is 0 Å². The lowest BCUT2D eigenvalue weighted by Crippen LogP contribution is -2.02. The van der Waals surface area contributed by atoms with E-state index in [0.717, 1.165) is 13.2 Å². The van der Waals surface area contributed by atoms with Crippen molar-refractivity contribution >= 4 is 22.2 Å². The molecule has 2 heterocycles. The Balaban J connectivity index is 2.10. The van der Waals surface area contributed by atoms with Crippen molar-refractivity contribution < 1.29 is 4.74 Å². The van der Waals surface area contributed by atoms with Gasteiger partial charge in [0.2, 0.25) is 0 Å². The van der Waals surface area contributed by atoms with E-state index in [0.29, 0.717) is 0 Å². The van der Waals surface area contributed by atoms with E-state index in [1.54, 1.807) is 18.4 Å². The van der Waals surface area contributed by atoms with E-state index in [9.17, 15) is 0 Å². The highest BCUT2D eigenvalue weighted by atomic mass is 32.1. The third kappa shape index (κ3) is 1.96. The highest BCUT2D eigenvalue weighted by molar-refractivity contribution is 7.13. The van der Waals surface area contributed by atoms with Crippen LogP contribution >= 0.6 is 11.3 Å². The first-order valence-corrected chi connectivity index (χ1v) is 6.89. The maximum absolute atomic E-state index is 5.15. The van der Waals surface area contributed by atoms with Gasteiger partial charge in [-0.3, -0.25) is 0 Å². The first-order valence-electron chi connectivity index (χ1n) is 6.01. The molecule has 0 bridgehead atoms. The number of methoxy groups -OCH3 is 1. The Kier molecular flexibility index (Phi) is 3.17. The number of thiophene rings is 1. The number of aromatic nitrogens is 1. The van der Waals surface area contributed by atoms with Crippen LogP contribution in [0, 0.1) is 0 Å². The zero-order valence-corrected chi connectivity index (χ0v) is 11.1. The van der Waals surface area contributed by atoms with Crippen LogP contribution in [0.15, 0.2) is 48.0 Å². The van der Waals surface area contributed by atoms with Crippen molar-refractivity contribution in [1.29, 1.82) is 0 Å². The van der Waals surface area contributed by atoms with Crippen molar-refractivity contribution in [1.82, 2.24) is 4.57 Å². The third-order valence-corrected chi connectivity index (χ3v) is 4.04. The molecule has 1 aromatic carbocycles. The lowest BCUT2D eigenvalue weighted by molar-refractivity contribution is 0.188. The highest BCUT2D eigenvalue weighted by Gasteiger charge is 2.07. The summed E-state index contributed by atoms with van der Waals surface area (Å²) in [5, 5.41) is 3.44. The third-order valence-electron chi connectivity index (χ3n) is 3.14. The van der Waals surface area contributed by atoms with Gasteiger partial charge >= 0.3 is 0 Å². The Hall–Kier alpha value is -1.58. The second kappa shape index (κ2) is 4.96. The van der Waals surface area contributed by atoms with Crippen LogP contribution < -0.4 is 0 Å². The van der Waals surface area contributed by atoms with Crippen LogP contribution in [0.5, 0.6) is 0 Å². The Morgan fingerprint density at radius 3 is 2.89 bits per heavy atom. The number of nitrogens with zero attached hydrogens (tertiary/aromatic N) is 1. The van der Waals surface area contributed by atoms with E-state index >= 15 is 0 Å². The molecule has 3 rings (SSSR count). The second-order valence-corrected chi connectivity index (χ2v) is 5.17. The molecule has 0 unspecified atom stereocenters. The molecule has 0 spiro atoms. The molecule has 0 fully saturated rings. The van der Waals surface area contributed by atoms with Crippen LogP contribution in [0.25, 0.3) is 21.3 Å². The lowest BCUT2D eigenvalue weighted by Gasteiger charge is -2.05. The zero-order valence-electron chi connectivity index (χ0n) is 10.3.